The number of hydrogen-bond donors (Lipinski definition) is 1. The van der Waals surface area contributed by atoms with Crippen molar-refractivity contribution in [1.82, 2.24) is 19.4 Å². The van der Waals surface area contributed by atoms with Crippen LogP contribution in [0.3, 0.4) is 0 Å². The molecule has 42 heavy (non-hydrogen) atoms. The lowest BCUT2D eigenvalue weighted by molar-refractivity contribution is -0.152. The fourth-order valence-corrected chi connectivity index (χ4v) is 5.82. The summed E-state index contributed by atoms with van der Waals surface area (Å²) in [7, 11) is 3.35. The molecule has 11 heteroatoms. The predicted octanol–water partition coefficient (Wildman–Crippen LogP) is 4.03. The molecule has 3 heterocycles. The molecule has 230 valence electrons. The first-order chi connectivity index (χ1) is 19.9. The Kier molecular flexibility index (Phi) is 11.4. The van der Waals surface area contributed by atoms with E-state index in [0.29, 0.717) is 24.6 Å². The summed E-state index contributed by atoms with van der Waals surface area (Å²) in [6.45, 7) is 5.28. The van der Waals surface area contributed by atoms with Crippen molar-refractivity contribution < 1.29 is 23.7 Å². The monoisotopic (exact) mass is 602 g/mol. The third kappa shape index (κ3) is 7.72. The van der Waals surface area contributed by atoms with E-state index in [0.717, 1.165) is 86.5 Å². The minimum Gasteiger partial charge on any atom is -0.492 e. The second kappa shape index (κ2) is 15.0. The third-order valence-corrected chi connectivity index (χ3v) is 8.09. The van der Waals surface area contributed by atoms with Gasteiger partial charge < -0.3 is 28.1 Å². The van der Waals surface area contributed by atoms with Gasteiger partial charge in [0.1, 0.15) is 30.3 Å². The van der Waals surface area contributed by atoms with Crippen LogP contribution in [-0.4, -0.2) is 72.3 Å². The van der Waals surface area contributed by atoms with Gasteiger partial charge in [-0.1, -0.05) is 0 Å². The van der Waals surface area contributed by atoms with Crippen LogP contribution in [0.4, 0.5) is 0 Å². The van der Waals surface area contributed by atoms with Gasteiger partial charge in [0.15, 0.2) is 0 Å². The summed E-state index contributed by atoms with van der Waals surface area (Å²) in [4.78, 5) is 30.0. The quantitative estimate of drug-likeness (QED) is 0.245. The molecule has 0 radical (unpaired) electrons. The largest absolute Gasteiger partial charge is 0.492 e. The summed E-state index contributed by atoms with van der Waals surface area (Å²) in [5, 5.41) is 3.23. The average Bonchev–Trinajstić information content (AvgIpc) is 3.61. The van der Waals surface area contributed by atoms with Gasteiger partial charge >= 0.3 is 5.97 Å². The van der Waals surface area contributed by atoms with Crippen LogP contribution in [0.15, 0.2) is 35.3 Å². The van der Waals surface area contributed by atoms with E-state index in [2.05, 4.69) is 9.88 Å². The molecule has 3 aromatic rings. The van der Waals surface area contributed by atoms with Crippen LogP contribution in [0.1, 0.15) is 44.1 Å². The normalized spacial score (nSPS) is 16.8. The fourth-order valence-electron chi connectivity index (χ4n) is 5.82. The van der Waals surface area contributed by atoms with Gasteiger partial charge in [-0.2, -0.15) is 0 Å². The lowest BCUT2D eigenvalue weighted by atomic mass is 10.00. The number of ether oxygens (including phenoxy) is 4. The number of aryl methyl sites for hydroxylation is 2. The second-order valence-corrected chi connectivity index (χ2v) is 11.2. The van der Waals surface area contributed by atoms with Crippen LogP contribution < -0.4 is 15.6 Å². The fraction of sp³-hybridized carbons (Fsp3) is 0.581. The zero-order chi connectivity index (χ0) is 28.8. The van der Waals surface area contributed by atoms with Gasteiger partial charge in [-0.3, -0.25) is 14.9 Å². The molecule has 2 aliphatic rings. The Labute approximate surface area is 253 Å². The molecule has 1 saturated heterocycles. The third-order valence-electron chi connectivity index (χ3n) is 8.09. The molecule has 1 atom stereocenters. The number of imidazole rings is 1. The van der Waals surface area contributed by atoms with Crippen molar-refractivity contribution in [3.8, 4) is 17.1 Å². The zero-order valence-corrected chi connectivity index (χ0v) is 25.6. The Hall–Kier alpha value is -2.92. The number of benzene rings is 1. The van der Waals surface area contributed by atoms with E-state index in [-0.39, 0.29) is 36.6 Å². The Morgan fingerprint density at radius 1 is 1.17 bits per heavy atom. The van der Waals surface area contributed by atoms with Gasteiger partial charge in [0, 0.05) is 63.9 Å². The number of esters is 1. The van der Waals surface area contributed by atoms with Gasteiger partial charge in [0.2, 0.25) is 0 Å². The Morgan fingerprint density at radius 2 is 1.93 bits per heavy atom. The van der Waals surface area contributed by atoms with Crippen LogP contribution in [0.2, 0.25) is 0 Å². The van der Waals surface area contributed by atoms with Crippen molar-refractivity contribution >= 4 is 29.4 Å². The number of pyridine rings is 1. The van der Waals surface area contributed by atoms with Gasteiger partial charge in [-0.05, 0) is 69.6 Å². The molecule has 1 unspecified atom stereocenters. The van der Waals surface area contributed by atoms with Crippen LogP contribution in [0.25, 0.3) is 22.4 Å². The average molecular weight is 603 g/mol. The summed E-state index contributed by atoms with van der Waals surface area (Å²) in [6.07, 6.45) is 7.97. The minimum absolute atomic E-state index is 0. The van der Waals surface area contributed by atoms with Crippen molar-refractivity contribution in [2.24, 2.45) is 13.0 Å². The maximum Gasteiger partial charge on any atom is 0.325 e. The second-order valence-electron chi connectivity index (χ2n) is 11.2. The van der Waals surface area contributed by atoms with Crippen molar-refractivity contribution in [2.75, 3.05) is 40.1 Å². The number of rotatable bonds is 12. The Balaban J connectivity index is 0.00000405. The molecule has 10 nitrogen and oxygen atoms in total. The molecule has 0 spiro atoms. The van der Waals surface area contributed by atoms with Crippen LogP contribution >= 0.6 is 12.4 Å². The molecular weight excluding hydrogens is 560 g/mol. The highest BCUT2D eigenvalue weighted by Crippen LogP contribution is 2.30. The molecule has 1 aliphatic heterocycles. The van der Waals surface area contributed by atoms with Crippen molar-refractivity contribution in [2.45, 2.75) is 64.1 Å². The number of methoxy groups -OCH3 is 1. The number of nitrogens with zero attached hydrogens (tertiary/aromatic N) is 3. The number of aromatic nitrogens is 3. The Morgan fingerprint density at radius 3 is 2.64 bits per heavy atom. The van der Waals surface area contributed by atoms with E-state index in [1.54, 1.807) is 18.7 Å². The first-order valence-corrected chi connectivity index (χ1v) is 14.7. The molecular formula is C31H43ClN4O6. The van der Waals surface area contributed by atoms with E-state index < -0.39 is 6.04 Å². The summed E-state index contributed by atoms with van der Waals surface area (Å²) in [5.41, 5.74) is 3.45. The molecule has 0 amide bonds. The molecule has 2 aromatic heterocycles. The number of hydrogen-bond acceptors (Lipinski definition) is 8. The molecule has 1 aromatic carbocycles. The summed E-state index contributed by atoms with van der Waals surface area (Å²) in [5.74, 6) is 1.78. The summed E-state index contributed by atoms with van der Waals surface area (Å²) >= 11 is 0. The highest BCUT2D eigenvalue weighted by molar-refractivity contribution is 5.85. The van der Waals surface area contributed by atoms with Gasteiger partial charge in [0.25, 0.3) is 5.56 Å². The van der Waals surface area contributed by atoms with Crippen molar-refractivity contribution in [3.63, 3.8) is 0 Å². The summed E-state index contributed by atoms with van der Waals surface area (Å²) < 4.78 is 26.5. The maximum atomic E-state index is 12.6. The Bertz CT molecular complexity index is 1370. The van der Waals surface area contributed by atoms with E-state index in [9.17, 15) is 9.59 Å². The lowest BCUT2D eigenvalue weighted by Crippen LogP contribution is -2.44. The maximum absolute atomic E-state index is 12.6. The topological polar surface area (TPSA) is 106 Å². The number of carbonyl (C=O) groups excluding carboxylic acids is 1. The zero-order valence-electron chi connectivity index (χ0n) is 24.8. The molecule has 1 aliphatic carbocycles. The highest BCUT2D eigenvalue weighted by Gasteiger charge is 2.25. The number of fused-ring (bicyclic) bond motifs is 1. The molecule has 1 N–H and O–H groups in total. The number of carbonyl (C=O) groups is 1. The minimum atomic E-state index is -0.527. The van der Waals surface area contributed by atoms with E-state index in [1.165, 1.54) is 0 Å². The van der Waals surface area contributed by atoms with Crippen LogP contribution in [-0.2, 0) is 32.6 Å². The van der Waals surface area contributed by atoms with Gasteiger partial charge in [-0.25, -0.2) is 4.98 Å². The SMILES string of the molecule is COCC(NCCOc1ccc2nc(-c3cc(C)c(=O)n(C)c3)n(CC3CCOCC3)c2c1)C(=O)OC1CCCC1.Cl. The smallest absolute Gasteiger partial charge is 0.325 e. The predicted molar refractivity (Wildman–Crippen MR) is 163 cm³/mol. The number of nitrogens with one attached hydrogen (secondary N) is 1. The lowest BCUT2D eigenvalue weighted by Gasteiger charge is -2.23. The van der Waals surface area contributed by atoms with Crippen LogP contribution in [0, 0.1) is 12.8 Å². The van der Waals surface area contributed by atoms with E-state index in [1.807, 2.05) is 37.4 Å². The highest BCUT2D eigenvalue weighted by atomic mass is 35.5. The van der Waals surface area contributed by atoms with E-state index >= 15 is 0 Å². The first-order valence-electron chi connectivity index (χ1n) is 14.7. The van der Waals surface area contributed by atoms with Gasteiger partial charge in [-0.15, -0.1) is 12.4 Å². The molecule has 2 fully saturated rings. The molecule has 1 saturated carbocycles. The molecule has 5 rings (SSSR count). The standard InChI is InChI=1S/C31H42N4O6.ClH/c1-21-16-23(19-34(2)30(21)36)29-33-26-9-8-25(17-28(26)35(29)18-22-10-13-39-14-11-22)40-15-12-32-27(20-38-3)31(37)41-24-6-4-5-7-24;/h8-9,16-17,19,22,24,27,32H,4-7,10-15,18,20H2,1-3H3;1H. The molecule has 0 bridgehead atoms. The van der Waals surface area contributed by atoms with Crippen molar-refractivity contribution in [1.29, 1.82) is 0 Å². The van der Waals surface area contributed by atoms with Crippen LogP contribution in [0.5, 0.6) is 5.75 Å². The van der Waals surface area contributed by atoms with Crippen molar-refractivity contribution in [3.05, 3.63) is 46.4 Å². The van der Waals surface area contributed by atoms with Gasteiger partial charge in [0.05, 0.1) is 17.6 Å². The first kappa shape index (κ1) is 32.0. The van der Waals surface area contributed by atoms with E-state index in [4.69, 9.17) is 23.9 Å². The summed E-state index contributed by atoms with van der Waals surface area (Å²) in [6, 6.07) is 7.32. The number of halogens is 1.